The number of rotatable bonds is 1. The molecule has 0 radical (unpaired) electrons. The zero-order valence-electron chi connectivity index (χ0n) is 8.03. The highest BCUT2D eigenvalue weighted by Gasteiger charge is 2.00. The second kappa shape index (κ2) is 2.85. The Kier molecular flexibility index (Phi) is 1.64. The van der Waals surface area contributed by atoms with E-state index >= 15 is 0 Å². The molecule has 0 unspecified atom stereocenters. The smallest absolute Gasteiger partial charge is 0.0349 e. The molecule has 70 valence electrons. The maximum absolute atomic E-state index is 2.28. The number of aromatic nitrogens is 1. The summed E-state index contributed by atoms with van der Waals surface area (Å²) in [6.07, 6.45) is 4.43. The van der Waals surface area contributed by atoms with Crippen molar-refractivity contribution in [3.8, 4) is 0 Å². The molecular formula is C12H11NS. The zero-order chi connectivity index (χ0) is 9.54. The molecule has 3 rings (SSSR count). The van der Waals surface area contributed by atoms with Gasteiger partial charge in [-0.25, -0.2) is 0 Å². The lowest BCUT2D eigenvalue weighted by Crippen LogP contribution is -1.85. The second-order valence-corrected chi connectivity index (χ2v) is 4.48. The molecule has 0 saturated heterocycles. The van der Waals surface area contributed by atoms with E-state index in [1.165, 1.54) is 20.9 Å². The van der Waals surface area contributed by atoms with Crippen LogP contribution in [0.1, 0.15) is 6.92 Å². The predicted molar refractivity (Wildman–Crippen MR) is 63.0 cm³/mol. The summed E-state index contributed by atoms with van der Waals surface area (Å²) in [4.78, 5) is 0. The van der Waals surface area contributed by atoms with Crippen molar-refractivity contribution in [2.75, 3.05) is 0 Å². The van der Waals surface area contributed by atoms with Gasteiger partial charge >= 0.3 is 0 Å². The largest absolute Gasteiger partial charge is 0.353 e. The lowest BCUT2D eigenvalue weighted by atomic mass is 10.2. The number of thiophene rings is 1. The first-order chi connectivity index (χ1) is 6.86. The third kappa shape index (κ3) is 1.07. The number of hydrogen-bond donors (Lipinski definition) is 0. The Bertz CT molecular complexity index is 540. The molecule has 0 bridgehead atoms. The number of aryl methyl sites for hydroxylation is 1. The van der Waals surface area contributed by atoms with Crippen LogP contribution in [0.25, 0.3) is 20.9 Å². The van der Waals surface area contributed by atoms with Gasteiger partial charge in [-0.3, -0.25) is 0 Å². The summed E-state index contributed by atoms with van der Waals surface area (Å²) in [5.74, 6) is 0. The van der Waals surface area contributed by atoms with Crippen LogP contribution in [-0.4, -0.2) is 4.57 Å². The van der Waals surface area contributed by atoms with Gasteiger partial charge in [-0.1, -0.05) is 0 Å². The molecule has 3 aromatic rings. The Balaban J connectivity index is 2.40. The minimum Gasteiger partial charge on any atom is -0.353 e. The van der Waals surface area contributed by atoms with Gasteiger partial charge in [0.05, 0.1) is 0 Å². The van der Waals surface area contributed by atoms with Crippen LogP contribution in [0.15, 0.2) is 36.0 Å². The fraction of sp³-hybridized carbons (Fsp3) is 0.167. The molecule has 0 spiro atoms. The average Bonchev–Trinajstić information content (AvgIpc) is 2.77. The minimum absolute atomic E-state index is 1.04. The number of fused-ring (bicyclic) bond motifs is 2. The Hall–Kier alpha value is -1.28. The number of hydrogen-bond acceptors (Lipinski definition) is 1. The van der Waals surface area contributed by atoms with E-state index < -0.39 is 0 Å². The maximum Gasteiger partial charge on any atom is 0.0349 e. The molecule has 0 aliphatic carbocycles. The van der Waals surface area contributed by atoms with Gasteiger partial charge in [0.2, 0.25) is 0 Å². The van der Waals surface area contributed by atoms with Crippen molar-refractivity contribution in [2.45, 2.75) is 13.5 Å². The lowest BCUT2D eigenvalue weighted by molar-refractivity contribution is 0.773. The topological polar surface area (TPSA) is 4.93 Å². The maximum atomic E-state index is 2.28. The first-order valence-corrected chi connectivity index (χ1v) is 5.71. The summed E-state index contributed by atoms with van der Waals surface area (Å²) >= 11 is 1.81. The number of benzene rings is 1. The van der Waals surface area contributed by atoms with E-state index in [0.717, 1.165) is 6.54 Å². The molecule has 1 nitrogen and oxygen atoms in total. The predicted octanol–water partition coefficient (Wildman–Crippen LogP) is 3.88. The quantitative estimate of drug-likeness (QED) is 0.563. The lowest BCUT2D eigenvalue weighted by Gasteiger charge is -1.90. The van der Waals surface area contributed by atoms with Gasteiger partial charge in [0.25, 0.3) is 0 Å². The molecule has 0 N–H and O–H groups in total. The van der Waals surface area contributed by atoms with Crippen LogP contribution in [0.2, 0.25) is 0 Å². The molecule has 2 aromatic heterocycles. The Labute approximate surface area is 86.6 Å². The molecule has 2 heterocycles. The summed E-state index contributed by atoms with van der Waals surface area (Å²) in [6, 6.07) is 6.73. The van der Waals surface area contributed by atoms with E-state index in [1.54, 1.807) is 0 Å². The SMILES string of the molecule is CCn1cc2cc3ccsc3cc2c1. The Morgan fingerprint density at radius 3 is 2.71 bits per heavy atom. The molecular weight excluding hydrogens is 190 g/mol. The fourth-order valence-corrected chi connectivity index (χ4v) is 2.66. The zero-order valence-corrected chi connectivity index (χ0v) is 8.84. The third-order valence-corrected chi connectivity index (χ3v) is 3.51. The van der Waals surface area contributed by atoms with Gasteiger partial charge in [-0.15, -0.1) is 11.3 Å². The van der Waals surface area contributed by atoms with Gasteiger partial charge in [-0.2, -0.15) is 0 Å². The van der Waals surface area contributed by atoms with Crippen LogP contribution < -0.4 is 0 Å². The van der Waals surface area contributed by atoms with Crippen LogP contribution in [-0.2, 0) is 6.54 Å². The molecule has 0 atom stereocenters. The Morgan fingerprint density at radius 1 is 1.14 bits per heavy atom. The molecule has 0 amide bonds. The van der Waals surface area contributed by atoms with E-state index in [-0.39, 0.29) is 0 Å². The first-order valence-electron chi connectivity index (χ1n) is 4.83. The monoisotopic (exact) mass is 201 g/mol. The van der Waals surface area contributed by atoms with E-state index in [1.807, 2.05) is 11.3 Å². The van der Waals surface area contributed by atoms with Crippen molar-refractivity contribution < 1.29 is 0 Å². The van der Waals surface area contributed by atoms with Crippen molar-refractivity contribution >= 4 is 32.2 Å². The first kappa shape index (κ1) is 8.06. The number of nitrogens with zero attached hydrogens (tertiary/aromatic N) is 1. The molecule has 0 aliphatic heterocycles. The van der Waals surface area contributed by atoms with Crippen LogP contribution in [0.3, 0.4) is 0 Å². The van der Waals surface area contributed by atoms with E-state index in [0.29, 0.717) is 0 Å². The van der Waals surface area contributed by atoms with Crippen LogP contribution in [0.5, 0.6) is 0 Å². The normalized spacial score (nSPS) is 11.5. The molecule has 0 aliphatic rings. The van der Waals surface area contributed by atoms with Gasteiger partial charge in [0.15, 0.2) is 0 Å². The van der Waals surface area contributed by atoms with Crippen molar-refractivity contribution in [3.63, 3.8) is 0 Å². The van der Waals surface area contributed by atoms with Crippen LogP contribution >= 0.6 is 11.3 Å². The highest BCUT2D eigenvalue weighted by atomic mass is 32.1. The summed E-state index contributed by atoms with van der Waals surface area (Å²) < 4.78 is 3.61. The summed E-state index contributed by atoms with van der Waals surface area (Å²) in [6.45, 7) is 3.21. The van der Waals surface area contributed by atoms with Gasteiger partial charge < -0.3 is 4.57 Å². The van der Waals surface area contributed by atoms with Crippen LogP contribution in [0.4, 0.5) is 0 Å². The van der Waals surface area contributed by atoms with E-state index in [4.69, 9.17) is 0 Å². The molecule has 0 fully saturated rings. The van der Waals surface area contributed by atoms with Crippen LogP contribution in [0, 0.1) is 0 Å². The highest BCUT2D eigenvalue weighted by Crippen LogP contribution is 2.27. The Morgan fingerprint density at radius 2 is 1.93 bits per heavy atom. The average molecular weight is 201 g/mol. The molecule has 14 heavy (non-hydrogen) atoms. The minimum atomic E-state index is 1.04. The molecule has 2 heteroatoms. The standard InChI is InChI=1S/C12H11NS/c1-2-13-7-10-5-9-3-4-14-12(9)6-11(10)8-13/h3-8H,2H2,1H3. The second-order valence-electron chi connectivity index (χ2n) is 3.53. The third-order valence-electron chi connectivity index (χ3n) is 2.63. The summed E-state index contributed by atoms with van der Waals surface area (Å²) in [7, 11) is 0. The van der Waals surface area contributed by atoms with E-state index in [9.17, 15) is 0 Å². The van der Waals surface area contributed by atoms with Crippen molar-refractivity contribution in [1.29, 1.82) is 0 Å². The van der Waals surface area contributed by atoms with Gasteiger partial charge in [-0.05, 0) is 35.9 Å². The van der Waals surface area contributed by atoms with Gasteiger partial charge in [0.1, 0.15) is 0 Å². The summed E-state index contributed by atoms with van der Waals surface area (Å²) in [5.41, 5.74) is 0. The van der Waals surface area contributed by atoms with Crippen molar-refractivity contribution in [3.05, 3.63) is 36.0 Å². The molecule has 0 saturated carbocycles. The fourth-order valence-electron chi connectivity index (χ4n) is 1.84. The van der Waals surface area contributed by atoms with Crippen molar-refractivity contribution in [2.24, 2.45) is 0 Å². The molecule has 1 aromatic carbocycles. The van der Waals surface area contributed by atoms with Gasteiger partial charge in [0, 0.05) is 34.4 Å². The van der Waals surface area contributed by atoms with Crippen molar-refractivity contribution in [1.82, 2.24) is 4.57 Å². The highest BCUT2D eigenvalue weighted by molar-refractivity contribution is 7.17. The van der Waals surface area contributed by atoms with E-state index in [2.05, 4.69) is 47.5 Å². The summed E-state index contributed by atoms with van der Waals surface area (Å²) in [5, 5.41) is 6.20.